The summed E-state index contributed by atoms with van der Waals surface area (Å²) in [5.41, 5.74) is -0.601. The summed E-state index contributed by atoms with van der Waals surface area (Å²) >= 11 is 6.02. The first-order valence-corrected chi connectivity index (χ1v) is 10.9. The van der Waals surface area contributed by atoms with Crippen LogP contribution in [0.2, 0.25) is 5.02 Å². The highest BCUT2D eigenvalue weighted by atomic mass is 35.5. The molecule has 0 aliphatic heterocycles. The van der Waals surface area contributed by atoms with E-state index in [9.17, 15) is 28.0 Å². The highest BCUT2D eigenvalue weighted by Gasteiger charge is 2.30. The molecule has 3 aromatic rings. The molecule has 0 atom stereocenters. The number of carbonyl (C=O) groups is 2. The van der Waals surface area contributed by atoms with Gasteiger partial charge in [-0.3, -0.25) is 9.59 Å². The molecule has 7 nitrogen and oxygen atoms in total. The predicted molar refractivity (Wildman–Crippen MR) is 132 cm³/mol. The molecule has 0 radical (unpaired) electrons. The van der Waals surface area contributed by atoms with Gasteiger partial charge in [-0.1, -0.05) is 35.9 Å². The Morgan fingerprint density at radius 1 is 1.03 bits per heavy atom. The van der Waals surface area contributed by atoms with E-state index in [1.165, 1.54) is 37.5 Å². The largest absolute Gasteiger partial charge is 0.493 e. The zero-order chi connectivity index (χ0) is 27.0. The smallest absolute Gasteiger partial charge is 0.416 e. The molecular formula is C26H19ClF3N3O4. The molecule has 0 saturated heterocycles. The molecule has 0 fully saturated rings. The molecule has 0 aliphatic rings. The van der Waals surface area contributed by atoms with Crippen molar-refractivity contribution in [1.82, 2.24) is 0 Å². The van der Waals surface area contributed by atoms with Gasteiger partial charge in [0.25, 0.3) is 11.8 Å². The average Bonchev–Trinajstić information content (AvgIpc) is 2.87. The Balaban J connectivity index is 1.70. The van der Waals surface area contributed by atoms with Crippen molar-refractivity contribution in [2.75, 3.05) is 24.4 Å². The van der Waals surface area contributed by atoms with Crippen LogP contribution in [0.25, 0.3) is 6.08 Å². The fraction of sp³-hybridized carbons (Fsp3) is 0.115. The third-order valence-electron chi connectivity index (χ3n) is 4.82. The van der Waals surface area contributed by atoms with Crippen LogP contribution in [0.5, 0.6) is 11.5 Å². The van der Waals surface area contributed by atoms with E-state index in [1.54, 1.807) is 30.3 Å². The summed E-state index contributed by atoms with van der Waals surface area (Å²) in [7, 11) is 1.37. The molecule has 0 unspecified atom stereocenters. The van der Waals surface area contributed by atoms with Crippen LogP contribution in [0.15, 0.2) is 72.3 Å². The fourth-order valence-corrected chi connectivity index (χ4v) is 3.26. The summed E-state index contributed by atoms with van der Waals surface area (Å²) < 4.78 is 49.5. The second-order valence-electron chi connectivity index (χ2n) is 7.43. The number of carbonyl (C=O) groups excluding carboxylic acids is 2. The maximum Gasteiger partial charge on any atom is 0.416 e. The van der Waals surface area contributed by atoms with Crippen LogP contribution >= 0.6 is 11.6 Å². The van der Waals surface area contributed by atoms with Gasteiger partial charge in [0, 0.05) is 5.69 Å². The maximum absolute atomic E-state index is 12.9. The van der Waals surface area contributed by atoms with E-state index in [0.717, 1.165) is 18.2 Å². The van der Waals surface area contributed by atoms with Gasteiger partial charge in [-0.25, -0.2) is 0 Å². The Hall–Kier alpha value is -4.49. The van der Waals surface area contributed by atoms with Crippen LogP contribution < -0.4 is 20.1 Å². The second-order valence-corrected chi connectivity index (χ2v) is 7.84. The van der Waals surface area contributed by atoms with Gasteiger partial charge in [0.2, 0.25) is 0 Å². The SMILES string of the molecule is COc1cc(/C=C(\C#N)C(=O)Nc2cccc(C(F)(F)F)c2)ccc1OCC(=O)Nc1ccccc1Cl. The third kappa shape index (κ3) is 7.49. The number of methoxy groups -OCH3 is 1. The number of nitriles is 1. The zero-order valence-electron chi connectivity index (χ0n) is 19.2. The van der Waals surface area contributed by atoms with Crippen molar-refractivity contribution in [3.05, 3.63) is 88.5 Å². The minimum atomic E-state index is -4.58. The molecule has 0 heterocycles. The number of halogens is 4. The van der Waals surface area contributed by atoms with Gasteiger partial charge in [0.15, 0.2) is 18.1 Å². The Morgan fingerprint density at radius 2 is 1.78 bits per heavy atom. The minimum Gasteiger partial charge on any atom is -0.493 e. The molecule has 0 bridgehead atoms. The van der Waals surface area contributed by atoms with Crippen molar-refractivity contribution in [3.63, 3.8) is 0 Å². The van der Waals surface area contributed by atoms with E-state index in [2.05, 4.69) is 10.6 Å². The number of anilines is 2. The number of hydrogen-bond acceptors (Lipinski definition) is 5. The van der Waals surface area contributed by atoms with Crippen LogP contribution in [0.1, 0.15) is 11.1 Å². The minimum absolute atomic E-state index is 0.114. The van der Waals surface area contributed by atoms with Gasteiger partial charge < -0.3 is 20.1 Å². The lowest BCUT2D eigenvalue weighted by molar-refractivity contribution is -0.137. The number of ether oxygens (including phenoxy) is 2. The van der Waals surface area contributed by atoms with Crippen LogP contribution in [0, 0.1) is 11.3 Å². The van der Waals surface area contributed by atoms with E-state index in [-0.39, 0.29) is 29.4 Å². The summed E-state index contributed by atoms with van der Waals surface area (Å²) in [4.78, 5) is 24.7. The average molecular weight is 530 g/mol. The van der Waals surface area contributed by atoms with Crippen molar-refractivity contribution in [2.24, 2.45) is 0 Å². The van der Waals surface area contributed by atoms with Crippen molar-refractivity contribution in [1.29, 1.82) is 5.26 Å². The number of nitrogens with one attached hydrogen (secondary N) is 2. The second kappa shape index (κ2) is 12.0. The highest BCUT2D eigenvalue weighted by molar-refractivity contribution is 6.33. The molecule has 0 spiro atoms. The standard InChI is InChI=1S/C26H19ClF3N3O4/c1-36-23-12-16(9-10-22(23)37-15-24(34)33-21-8-3-2-7-20(21)27)11-17(14-31)25(35)32-19-6-4-5-18(13-19)26(28,29)30/h2-13H,15H2,1H3,(H,32,35)(H,33,34)/b17-11+. The van der Waals surface area contributed by atoms with Crippen LogP contribution in [-0.4, -0.2) is 25.5 Å². The Morgan fingerprint density at radius 3 is 2.46 bits per heavy atom. The van der Waals surface area contributed by atoms with Gasteiger partial charge >= 0.3 is 6.18 Å². The molecule has 3 rings (SSSR count). The fourth-order valence-electron chi connectivity index (χ4n) is 3.07. The van der Waals surface area contributed by atoms with Crippen molar-refractivity contribution in [2.45, 2.75) is 6.18 Å². The summed E-state index contributed by atoms with van der Waals surface area (Å²) in [5.74, 6) is -0.912. The number of amides is 2. The molecule has 0 aromatic heterocycles. The monoisotopic (exact) mass is 529 g/mol. The molecule has 3 aromatic carbocycles. The van der Waals surface area contributed by atoms with Gasteiger partial charge in [-0.2, -0.15) is 18.4 Å². The number of nitrogens with zero attached hydrogens (tertiary/aromatic N) is 1. The summed E-state index contributed by atoms with van der Waals surface area (Å²) in [6.07, 6.45) is -3.34. The molecule has 0 aliphatic carbocycles. The summed E-state index contributed by atoms with van der Waals surface area (Å²) in [6.45, 7) is -0.348. The predicted octanol–water partition coefficient (Wildman–Crippen LogP) is 5.93. The van der Waals surface area contributed by atoms with Crippen molar-refractivity contribution in [3.8, 4) is 17.6 Å². The summed E-state index contributed by atoms with van der Waals surface area (Å²) in [6, 6.07) is 16.9. The number of rotatable bonds is 8. The summed E-state index contributed by atoms with van der Waals surface area (Å²) in [5, 5.41) is 14.7. The Kier molecular flexibility index (Phi) is 8.77. The van der Waals surface area contributed by atoms with E-state index >= 15 is 0 Å². The molecular weight excluding hydrogens is 511 g/mol. The first-order valence-electron chi connectivity index (χ1n) is 10.6. The van der Waals surface area contributed by atoms with Crippen molar-refractivity contribution >= 4 is 40.9 Å². The van der Waals surface area contributed by atoms with E-state index in [0.29, 0.717) is 16.3 Å². The van der Waals surface area contributed by atoms with Crippen LogP contribution in [-0.2, 0) is 15.8 Å². The first-order chi connectivity index (χ1) is 17.6. The lowest BCUT2D eigenvalue weighted by atomic mass is 10.1. The maximum atomic E-state index is 12.9. The quantitative estimate of drug-likeness (QED) is 0.278. The third-order valence-corrected chi connectivity index (χ3v) is 5.15. The highest BCUT2D eigenvalue weighted by Crippen LogP contribution is 2.31. The van der Waals surface area contributed by atoms with Crippen LogP contribution in [0.4, 0.5) is 24.5 Å². The van der Waals surface area contributed by atoms with Crippen molar-refractivity contribution < 1.29 is 32.2 Å². The van der Waals surface area contributed by atoms with E-state index in [1.807, 2.05) is 0 Å². The number of alkyl halides is 3. The van der Waals surface area contributed by atoms with Gasteiger partial charge in [-0.15, -0.1) is 0 Å². The lowest BCUT2D eigenvalue weighted by Crippen LogP contribution is -2.20. The molecule has 2 amide bonds. The van der Waals surface area contributed by atoms with Crippen LogP contribution in [0.3, 0.4) is 0 Å². The Labute approximate surface area is 215 Å². The van der Waals surface area contributed by atoms with Gasteiger partial charge in [0.05, 0.1) is 23.4 Å². The molecule has 2 N–H and O–H groups in total. The van der Waals surface area contributed by atoms with E-state index in [4.69, 9.17) is 21.1 Å². The molecule has 37 heavy (non-hydrogen) atoms. The number of hydrogen-bond donors (Lipinski definition) is 2. The number of para-hydroxylation sites is 1. The lowest BCUT2D eigenvalue weighted by Gasteiger charge is -2.12. The zero-order valence-corrected chi connectivity index (χ0v) is 20.0. The first kappa shape index (κ1) is 27.1. The molecule has 0 saturated carbocycles. The van der Waals surface area contributed by atoms with Gasteiger partial charge in [0.1, 0.15) is 11.6 Å². The van der Waals surface area contributed by atoms with E-state index < -0.39 is 23.6 Å². The topological polar surface area (TPSA) is 100 Å². The van der Waals surface area contributed by atoms with Gasteiger partial charge in [-0.05, 0) is 54.1 Å². The number of benzene rings is 3. The Bertz CT molecular complexity index is 1380. The molecule has 190 valence electrons. The molecule has 11 heteroatoms. The normalized spacial score (nSPS) is 11.3.